The highest BCUT2D eigenvalue weighted by molar-refractivity contribution is 5.35. The molecule has 1 N–H and O–H groups in total. The van der Waals surface area contributed by atoms with Crippen LogP contribution in [0.1, 0.15) is 23.5 Å². The molecule has 0 unspecified atom stereocenters. The van der Waals surface area contributed by atoms with Crippen molar-refractivity contribution in [1.29, 1.82) is 0 Å². The maximum absolute atomic E-state index is 13.8. The lowest BCUT2D eigenvalue weighted by Crippen LogP contribution is -2.18. The Labute approximate surface area is 118 Å². The summed E-state index contributed by atoms with van der Waals surface area (Å²) in [6.45, 7) is 0.504. The minimum atomic E-state index is -0.214. The van der Waals surface area contributed by atoms with Crippen LogP contribution in [0.5, 0.6) is 5.75 Å². The molecule has 0 saturated heterocycles. The Balaban J connectivity index is 1.62. The number of ether oxygens (including phenoxy) is 1. The highest BCUT2D eigenvalue weighted by Crippen LogP contribution is 2.41. The lowest BCUT2D eigenvalue weighted by molar-refractivity contribution is 0.401. The second-order valence-corrected chi connectivity index (χ2v) is 5.16. The number of methoxy groups -OCH3 is 1. The molecule has 0 spiro atoms. The Bertz CT molecular complexity index is 585. The van der Waals surface area contributed by atoms with Crippen LogP contribution in [-0.4, -0.2) is 13.2 Å². The minimum Gasteiger partial charge on any atom is -0.496 e. The van der Waals surface area contributed by atoms with Crippen LogP contribution in [0, 0.1) is 5.82 Å². The van der Waals surface area contributed by atoms with Gasteiger partial charge in [-0.15, -0.1) is 0 Å². The summed E-state index contributed by atoms with van der Waals surface area (Å²) in [6, 6.07) is 15.8. The van der Waals surface area contributed by atoms with Gasteiger partial charge < -0.3 is 10.1 Å². The SMILES string of the molecule is COc1cccc(F)c1CN[C@@H]1C[C@H]1c1ccccc1. The molecule has 0 amide bonds. The number of nitrogens with one attached hydrogen (secondary N) is 1. The van der Waals surface area contributed by atoms with Crippen molar-refractivity contribution in [2.75, 3.05) is 7.11 Å². The molecule has 0 heterocycles. The van der Waals surface area contributed by atoms with E-state index in [1.807, 2.05) is 6.07 Å². The smallest absolute Gasteiger partial charge is 0.131 e. The first-order chi connectivity index (χ1) is 9.79. The van der Waals surface area contributed by atoms with E-state index < -0.39 is 0 Å². The number of rotatable bonds is 5. The van der Waals surface area contributed by atoms with Gasteiger partial charge in [0, 0.05) is 24.1 Å². The second-order valence-electron chi connectivity index (χ2n) is 5.16. The van der Waals surface area contributed by atoms with Gasteiger partial charge in [-0.2, -0.15) is 0 Å². The monoisotopic (exact) mass is 271 g/mol. The lowest BCUT2D eigenvalue weighted by atomic mass is 10.1. The van der Waals surface area contributed by atoms with Gasteiger partial charge in [0.05, 0.1) is 7.11 Å². The van der Waals surface area contributed by atoms with E-state index in [4.69, 9.17) is 4.74 Å². The maximum atomic E-state index is 13.8. The van der Waals surface area contributed by atoms with Gasteiger partial charge in [0.15, 0.2) is 0 Å². The van der Waals surface area contributed by atoms with E-state index in [0.717, 1.165) is 6.42 Å². The third-order valence-corrected chi connectivity index (χ3v) is 3.85. The predicted molar refractivity (Wildman–Crippen MR) is 77.4 cm³/mol. The average Bonchev–Trinajstić information content (AvgIpc) is 3.26. The van der Waals surface area contributed by atoms with Gasteiger partial charge in [-0.1, -0.05) is 36.4 Å². The lowest BCUT2D eigenvalue weighted by Gasteiger charge is -2.10. The van der Waals surface area contributed by atoms with Gasteiger partial charge in [-0.25, -0.2) is 4.39 Å². The number of hydrogen-bond acceptors (Lipinski definition) is 2. The first-order valence-corrected chi connectivity index (χ1v) is 6.89. The first-order valence-electron chi connectivity index (χ1n) is 6.89. The van der Waals surface area contributed by atoms with Gasteiger partial charge in [-0.3, -0.25) is 0 Å². The second kappa shape index (κ2) is 5.63. The Morgan fingerprint density at radius 1 is 1.15 bits per heavy atom. The first kappa shape index (κ1) is 13.1. The van der Waals surface area contributed by atoms with Crippen molar-refractivity contribution in [3.8, 4) is 5.75 Å². The van der Waals surface area contributed by atoms with Crippen molar-refractivity contribution >= 4 is 0 Å². The van der Waals surface area contributed by atoms with Gasteiger partial charge >= 0.3 is 0 Å². The van der Waals surface area contributed by atoms with Crippen LogP contribution in [0.15, 0.2) is 48.5 Å². The Kier molecular flexibility index (Phi) is 3.70. The summed E-state index contributed by atoms with van der Waals surface area (Å²) in [5.74, 6) is 0.942. The fourth-order valence-electron chi connectivity index (χ4n) is 2.62. The Morgan fingerprint density at radius 2 is 1.95 bits per heavy atom. The summed E-state index contributed by atoms with van der Waals surface area (Å²) >= 11 is 0. The van der Waals surface area contributed by atoms with Gasteiger partial charge in [0.25, 0.3) is 0 Å². The molecule has 0 bridgehead atoms. The third-order valence-electron chi connectivity index (χ3n) is 3.85. The quantitative estimate of drug-likeness (QED) is 0.899. The summed E-state index contributed by atoms with van der Waals surface area (Å²) in [4.78, 5) is 0. The number of halogens is 1. The molecular weight excluding hydrogens is 253 g/mol. The maximum Gasteiger partial charge on any atom is 0.131 e. The van der Waals surface area contributed by atoms with Crippen molar-refractivity contribution < 1.29 is 9.13 Å². The van der Waals surface area contributed by atoms with Gasteiger partial charge in [-0.05, 0) is 24.1 Å². The van der Waals surface area contributed by atoms with Crippen LogP contribution in [-0.2, 0) is 6.54 Å². The highest BCUT2D eigenvalue weighted by Gasteiger charge is 2.37. The summed E-state index contributed by atoms with van der Waals surface area (Å²) in [5.41, 5.74) is 1.96. The Morgan fingerprint density at radius 3 is 2.70 bits per heavy atom. The van der Waals surface area contributed by atoms with E-state index in [1.165, 1.54) is 11.6 Å². The highest BCUT2D eigenvalue weighted by atomic mass is 19.1. The van der Waals surface area contributed by atoms with Crippen LogP contribution in [0.2, 0.25) is 0 Å². The fraction of sp³-hybridized carbons (Fsp3) is 0.294. The van der Waals surface area contributed by atoms with Crippen molar-refractivity contribution in [2.45, 2.75) is 24.9 Å². The zero-order valence-corrected chi connectivity index (χ0v) is 11.5. The normalized spacial score (nSPS) is 20.7. The molecule has 0 radical (unpaired) electrons. The van der Waals surface area contributed by atoms with Crippen LogP contribution < -0.4 is 10.1 Å². The molecule has 0 aliphatic heterocycles. The summed E-state index contributed by atoms with van der Waals surface area (Å²) < 4.78 is 19.0. The van der Waals surface area contributed by atoms with Crippen molar-refractivity contribution in [3.63, 3.8) is 0 Å². The molecule has 2 aromatic rings. The molecule has 104 valence electrons. The molecule has 20 heavy (non-hydrogen) atoms. The zero-order valence-electron chi connectivity index (χ0n) is 11.5. The van der Waals surface area contributed by atoms with Crippen molar-refractivity contribution in [1.82, 2.24) is 5.32 Å². The average molecular weight is 271 g/mol. The van der Waals surface area contributed by atoms with Crippen LogP contribution in [0.25, 0.3) is 0 Å². The largest absolute Gasteiger partial charge is 0.496 e. The van der Waals surface area contributed by atoms with Gasteiger partial charge in [0.1, 0.15) is 11.6 Å². The van der Waals surface area contributed by atoms with Gasteiger partial charge in [0.2, 0.25) is 0 Å². The van der Waals surface area contributed by atoms with E-state index in [1.54, 1.807) is 19.2 Å². The summed E-state index contributed by atoms with van der Waals surface area (Å²) in [6.07, 6.45) is 1.11. The number of benzene rings is 2. The molecular formula is C17H18FNO. The molecule has 2 atom stereocenters. The van der Waals surface area contributed by atoms with E-state index in [0.29, 0.717) is 29.8 Å². The van der Waals surface area contributed by atoms with E-state index in [-0.39, 0.29) is 5.82 Å². The van der Waals surface area contributed by atoms with Crippen LogP contribution in [0.3, 0.4) is 0 Å². The molecule has 1 aliphatic carbocycles. The molecule has 1 aliphatic rings. The van der Waals surface area contributed by atoms with E-state index in [9.17, 15) is 4.39 Å². The van der Waals surface area contributed by atoms with E-state index >= 15 is 0 Å². The number of hydrogen-bond donors (Lipinski definition) is 1. The minimum absolute atomic E-state index is 0.214. The summed E-state index contributed by atoms with van der Waals surface area (Å²) in [5, 5.41) is 3.42. The molecule has 1 fully saturated rings. The predicted octanol–water partition coefficient (Wildman–Crippen LogP) is 3.48. The third kappa shape index (κ3) is 2.68. The molecule has 3 rings (SSSR count). The zero-order chi connectivity index (χ0) is 13.9. The fourth-order valence-corrected chi connectivity index (χ4v) is 2.62. The summed E-state index contributed by atoms with van der Waals surface area (Å²) in [7, 11) is 1.57. The molecule has 2 nitrogen and oxygen atoms in total. The Hall–Kier alpha value is -1.87. The molecule has 3 heteroatoms. The van der Waals surface area contributed by atoms with Crippen molar-refractivity contribution in [2.24, 2.45) is 0 Å². The standard InChI is InChI=1S/C17H18FNO/c1-20-17-9-5-8-15(18)14(17)11-19-16-10-13(16)12-6-3-2-4-7-12/h2-9,13,16,19H,10-11H2,1H3/t13-,16+/m0/s1. The van der Waals surface area contributed by atoms with Crippen LogP contribution >= 0.6 is 0 Å². The topological polar surface area (TPSA) is 21.3 Å². The molecule has 0 aromatic heterocycles. The van der Waals surface area contributed by atoms with Crippen LogP contribution in [0.4, 0.5) is 4.39 Å². The van der Waals surface area contributed by atoms with E-state index in [2.05, 4.69) is 29.6 Å². The van der Waals surface area contributed by atoms with Crippen molar-refractivity contribution in [3.05, 3.63) is 65.5 Å². The molecule has 1 saturated carbocycles. The molecule has 2 aromatic carbocycles.